The highest BCUT2D eigenvalue weighted by atomic mass is 19.4. The zero-order valence-electron chi connectivity index (χ0n) is 13.2. The Balaban J connectivity index is 1.99. The van der Waals surface area contributed by atoms with Crippen molar-refractivity contribution >= 4 is 11.6 Å². The molecule has 1 fully saturated rings. The van der Waals surface area contributed by atoms with Crippen LogP contribution < -0.4 is 4.90 Å². The van der Waals surface area contributed by atoms with E-state index in [0.29, 0.717) is 5.92 Å². The Bertz CT molecular complexity index is 504. The Hall–Kier alpha value is -1.56. The molecule has 128 valence electrons. The second-order valence-corrected chi connectivity index (χ2v) is 6.14. The standard InChI is InChI=1S/C17H22F3NO2/c1-13-6-5-9-15(10-13)23-11-16(22)21(12-17(18,19)20)14-7-3-2-4-8-14/h2-4,7-8,13,15H,5-6,9-12H2,1H3. The highest BCUT2D eigenvalue weighted by Gasteiger charge is 2.34. The third-order valence-electron chi connectivity index (χ3n) is 4.04. The van der Waals surface area contributed by atoms with Crippen molar-refractivity contribution in [2.75, 3.05) is 18.1 Å². The fourth-order valence-electron chi connectivity index (χ4n) is 2.91. The number of anilines is 1. The summed E-state index contributed by atoms with van der Waals surface area (Å²) in [4.78, 5) is 13.0. The van der Waals surface area contributed by atoms with Crippen LogP contribution in [0.2, 0.25) is 0 Å². The summed E-state index contributed by atoms with van der Waals surface area (Å²) < 4.78 is 43.9. The Labute approximate surface area is 134 Å². The van der Waals surface area contributed by atoms with Crippen LogP contribution in [0.1, 0.15) is 32.6 Å². The van der Waals surface area contributed by atoms with Crippen molar-refractivity contribution in [3.05, 3.63) is 30.3 Å². The van der Waals surface area contributed by atoms with E-state index < -0.39 is 18.6 Å². The van der Waals surface area contributed by atoms with Crippen molar-refractivity contribution in [3.63, 3.8) is 0 Å². The first-order valence-corrected chi connectivity index (χ1v) is 7.89. The maximum atomic E-state index is 12.8. The average Bonchev–Trinajstić information content (AvgIpc) is 2.50. The molecule has 0 aromatic heterocycles. The van der Waals surface area contributed by atoms with Gasteiger partial charge in [-0.3, -0.25) is 4.79 Å². The number of para-hydroxylation sites is 1. The highest BCUT2D eigenvalue weighted by Crippen LogP contribution is 2.26. The van der Waals surface area contributed by atoms with E-state index >= 15 is 0 Å². The monoisotopic (exact) mass is 329 g/mol. The van der Waals surface area contributed by atoms with Crippen LogP contribution in [0.5, 0.6) is 0 Å². The first-order valence-electron chi connectivity index (χ1n) is 7.89. The van der Waals surface area contributed by atoms with Gasteiger partial charge >= 0.3 is 6.18 Å². The van der Waals surface area contributed by atoms with E-state index in [-0.39, 0.29) is 18.4 Å². The second kappa shape index (κ2) is 7.81. The quantitative estimate of drug-likeness (QED) is 0.811. The summed E-state index contributed by atoms with van der Waals surface area (Å²) in [5.74, 6) is -0.129. The summed E-state index contributed by atoms with van der Waals surface area (Å²) in [6.07, 6.45) is -0.597. The predicted octanol–water partition coefficient (Wildman–Crippen LogP) is 4.18. The zero-order chi connectivity index (χ0) is 16.9. The zero-order valence-corrected chi connectivity index (χ0v) is 13.2. The summed E-state index contributed by atoms with van der Waals surface area (Å²) in [6, 6.07) is 7.89. The van der Waals surface area contributed by atoms with Gasteiger partial charge in [0.25, 0.3) is 5.91 Å². The number of halogens is 3. The molecule has 1 aromatic rings. The molecule has 0 saturated heterocycles. The molecular formula is C17H22F3NO2. The molecule has 1 saturated carbocycles. The third kappa shape index (κ3) is 5.86. The molecular weight excluding hydrogens is 307 g/mol. The minimum atomic E-state index is -4.45. The van der Waals surface area contributed by atoms with Crippen LogP contribution in [0.25, 0.3) is 0 Å². The Morgan fingerprint density at radius 1 is 1.26 bits per heavy atom. The fraction of sp³-hybridized carbons (Fsp3) is 0.588. The van der Waals surface area contributed by atoms with E-state index in [9.17, 15) is 18.0 Å². The molecule has 2 unspecified atom stereocenters. The number of hydrogen-bond acceptors (Lipinski definition) is 2. The van der Waals surface area contributed by atoms with E-state index in [1.54, 1.807) is 18.2 Å². The first kappa shape index (κ1) is 17.8. The molecule has 1 aliphatic carbocycles. The fourth-order valence-corrected chi connectivity index (χ4v) is 2.91. The van der Waals surface area contributed by atoms with Gasteiger partial charge in [-0.2, -0.15) is 13.2 Å². The number of hydrogen-bond donors (Lipinski definition) is 0. The molecule has 0 aliphatic heterocycles. The normalized spacial score (nSPS) is 21.9. The van der Waals surface area contributed by atoms with Crippen molar-refractivity contribution in [1.29, 1.82) is 0 Å². The highest BCUT2D eigenvalue weighted by molar-refractivity contribution is 5.94. The molecule has 0 radical (unpaired) electrons. The minimum Gasteiger partial charge on any atom is -0.368 e. The van der Waals surface area contributed by atoms with Gasteiger partial charge in [-0.25, -0.2) is 0 Å². The Morgan fingerprint density at radius 2 is 1.96 bits per heavy atom. The number of nitrogens with zero attached hydrogens (tertiary/aromatic N) is 1. The number of amides is 1. The number of alkyl halides is 3. The number of rotatable bonds is 5. The van der Waals surface area contributed by atoms with Crippen molar-refractivity contribution in [3.8, 4) is 0 Å². The summed E-state index contributed by atoms with van der Waals surface area (Å²) in [5, 5.41) is 0. The number of carbonyl (C=O) groups excluding carboxylic acids is 1. The van der Waals surface area contributed by atoms with Gasteiger partial charge in [0.2, 0.25) is 0 Å². The summed E-state index contributed by atoms with van der Waals surface area (Å²) >= 11 is 0. The Kier molecular flexibility index (Phi) is 6.04. The minimum absolute atomic E-state index is 0.0359. The molecule has 0 spiro atoms. The van der Waals surface area contributed by atoms with Crippen LogP contribution in [0.4, 0.5) is 18.9 Å². The van der Waals surface area contributed by atoms with Crippen LogP contribution >= 0.6 is 0 Å². The lowest BCUT2D eigenvalue weighted by molar-refractivity contribution is -0.137. The van der Waals surface area contributed by atoms with E-state index in [1.165, 1.54) is 12.1 Å². The van der Waals surface area contributed by atoms with E-state index in [0.717, 1.165) is 30.6 Å². The van der Waals surface area contributed by atoms with Crippen molar-refractivity contribution in [2.24, 2.45) is 5.92 Å². The molecule has 3 nitrogen and oxygen atoms in total. The molecule has 0 bridgehead atoms. The molecule has 2 rings (SSSR count). The van der Waals surface area contributed by atoms with E-state index in [1.807, 2.05) is 0 Å². The lowest BCUT2D eigenvalue weighted by Crippen LogP contribution is -2.41. The number of ether oxygens (including phenoxy) is 1. The van der Waals surface area contributed by atoms with Crippen molar-refractivity contribution in [2.45, 2.75) is 44.9 Å². The number of benzene rings is 1. The number of carbonyl (C=O) groups is 1. The van der Waals surface area contributed by atoms with Crippen LogP contribution in [0.3, 0.4) is 0 Å². The molecule has 1 aliphatic rings. The van der Waals surface area contributed by atoms with Gasteiger partial charge in [-0.05, 0) is 30.9 Å². The summed E-state index contributed by atoms with van der Waals surface area (Å²) in [5.41, 5.74) is 0.232. The lowest BCUT2D eigenvalue weighted by atomic mass is 9.89. The maximum Gasteiger partial charge on any atom is 0.406 e. The molecule has 1 aromatic carbocycles. The SMILES string of the molecule is CC1CCCC(OCC(=O)N(CC(F)(F)F)c2ccccc2)C1. The van der Waals surface area contributed by atoms with Crippen molar-refractivity contribution in [1.82, 2.24) is 0 Å². The average molecular weight is 329 g/mol. The summed E-state index contributed by atoms with van der Waals surface area (Å²) in [7, 11) is 0. The van der Waals surface area contributed by atoms with Gasteiger partial charge < -0.3 is 9.64 Å². The van der Waals surface area contributed by atoms with Crippen LogP contribution in [0.15, 0.2) is 30.3 Å². The lowest BCUT2D eigenvalue weighted by Gasteiger charge is -2.28. The molecule has 2 atom stereocenters. The second-order valence-electron chi connectivity index (χ2n) is 6.14. The maximum absolute atomic E-state index is 12.8. The molecule has 0 N–H and O–H groups in total. The smallest absolute Gasteiger partial charge is 0.368 e. The van der Waals surface area contributed by atoms with Crippen LogP contribution in [-0.4, -0.2) is 31.3 Å². The van der Waals surface area contributed by atoms with Gasteiger partial charge in [-0.1, -0.05) is 38.0 Å². The van der Waals surface area contributed by atoms with E-state index in [4.69, 9.17) is 4.74 Å². The predicted molar refractivity (Wildman–Crippen MR) is 82.2 cm³/mol. The van der Waals surface area contributed by atoms with E-state index in [2.05, 4.69) is 6.92 Å². The van der Waals surface area contributed by atoms with Gasteiger partial charge in [0.15, 0.2) is 0 Å². The molecule has 1 amide bonds. The van der Waals surface area contributed by atoms with Gasteiger partial charge in [0.05, 0.1) is 6.10 Å². The van der Waals surface area contributed by atoms with Crippen molar-refractivity contribution < 1.29 is 22.7 Å². The Morgan fingerprint density at radius 3 is 2.57 bits per heavy atom. The summed E-state index contributed by atoms with van der Waals surface area (Å²) in [6.45, 7) is 0.500. The first-order chi connectivity index (χ1) is 10.8. The molecule has 23 heavy (non-hydrogen) atoms. The van der Waals surface area contributed by atoms with Gasteiger partial charge in [0.1, 0.15) is 13.2 Å². The van der Waals surface area contributed by atoms with Gasteiger partial charge in [-0.15, -0.1) is 0 Å². The molecule has 6 heteroatoms. The van der Waals surface area contributed by atoms with Gasteiger partial charge in [0, 0.05) is 5.69 Å². The molecule has 0 heterocycles. The van der Waals surface area contributed by atoms with Crippen LogP contribution in [-0.2, 0) is 9.53 Å². The topological polar surface area (TPSA) is 29.5 Å². The third-order valence-corrected chi connectivity index (χ3v) is 4.04. The van der Waals surface area contributed by atoms with Crippen LogP contribution in [0, 0.1) is 5.92 Å². The largest absolute Gasteiger partial charge is 0.406 e.